The van der Waals surface area contributed by atoms with E-state index in [0.29, 0.717) is 31.2 Å². The number of phenolic OH excluding ortho intramolecular Hbond substituents is 2. The van der Waals surface area contributed by atoms with E-state index < -0.39 is 16.2 Å². The van der Waals surface area contributed by atoms with Gasteiger partial charge in [-0.1, -0.05) is 71.2 Å². The molecule has 1 aromatic rings. The van der Waals surface area contributed by atoms with Crippen LogP contribution in [0.15, 0.2) is 87.8 Å². The second-order valence-electron chi connectivity index (χ2n) is 15.7. The van der Waals surface area contributed by atoms with E-state index in [1.165, 1.54) is 28.9 Å². The molecule has 0 aliphatic heterocycles. The number of hydrogen-bond donors (Lipinski definition) is 3. The number of phenols is 2. The van der Waals surface area contributed by atoms with Gasteiger partial charge in [0.2, 0.25) is 0 Å². The Kier molecular flexibility index (Phi) is 12.7. The van der Waals surface area contributed by atoms with Crippen LogP contribution in [-0.2, 0) is 16.0 Å². The monoisotopic (exact) mass is 656 g/mol. The number of aromatic hydroxyl groups is 2. The second kappa shape index (κ2) is 15.7. The van der Waals surface area contributed by atoms with Crippen molar-refractivity contribution in [3.8, 4) is 11.5 Å². The van der Waals surface area contributed by atoms with Gasteiger partial charge in [-0.15, -0.1) is 0 Å². The van der Waals surface area contributed by atoms with E-state index in [2.05, 4.69) is 59.8 Å². The molecule has 5 heteroatoms. The summed E-state index contributed by atoms with van der Waals surface area (Å²) in [6, 6.07) is 4.48. The second-order valence-corrected chi connectivity index (χ2v) is 15.7. The van der Waals surface area contributed by atoms with Crippen molar-refractivity contribution >= 4 is 11.6 Å². The Labute approximate surface area is 289 Å². The number of rotatable bonds is 14. The number of Topliss-reactive ketones (excluding diaryl/α,β-unsaturated/α-hetero) is 2. The van der Waals surface area contributed by atoms with Crippen molar-refractivity contribution in [2.75, 3.05) is 0 Å². The molecule has 1 fully saturated rings. The van der Waals surface area contributed by atoms with Gasteiger partial charge in [-0.05, 0) is 143 Å². The van der Waals surface area contributed by atoms with Crippen LogP contribution in [0.4, 0.5) is 0 Å². The van der Waals surface area contributed by atoms with Crippen molar-refractivity contribution < 1.29 is 24.9 Å². The highest BCUT2D eigenvalue weighted by Crippen LogP contribution is 2.68. The number of fused-ring (bicyclic) bond motifs is 2. The maximum Gasteiger partial charge on any atom is 0.177 e. The van der Waals surface area contributed by atoms with Crippen LogP contribution in [0.3, 0.4) is 0 Å². The first-order chi connectivity index (χ1) is 22.4. The minimum absolute atomic E-state index is 0.0411. The van der Waals surface area contributed by atoms with Crippen LogP contribution >= 0.6 is 0 Å². The number of aliphatic hydroxyl groups excluding tert-OH is 1. The van der Waals surface area contributed by atoms with Crippen molar-refractivity contribution in [3.63, 3.8) is 0 Å². The molecule has 1 aromatic carbocycles. The summed E-state index contributed by atoms with van der Waals surface area (Å²) >= 11 is 0. The fourth-order valence-corrected chi connectivity index (χ4v) is 7.91. The van der Waals surface area contributed by atoms with Gasteiger partial charge in [0, 0.05) is 12.0 Å². The molecule has 0 saturated heterocycles. The lowest BCUT2D eigenvalue weighted by molar-refractivity contribution is -0.174. The van der Waals surface area contributed by atoms with Gasteiger partial charge in [0.25, 0.3) is 0 Å². The first-order valence-corrected chi connectivity index (χ1v) is 17.6. The van der Waals surface area contributed by atoms with Crippen LogP contribution in [0, 0.1) is 22.2 Å². The third-order valence-corrected chi connectivity index (χ3v) is 10.8. The van der Waals surface area contributed by atoms with E-state index >= 15 is 9.59 Å². The van der Waals surface area contributed by atoms with E-state index in [9.17, 15) is 15.3 Å². The average Bonchev–Trinajstić information content (AvgIpc) is 2.99. The lowest BCUT2D eigenvalue weighted by atomic mass is 9.38. The minimum atomic E-state index is -1.39. The largest absolute Gasteiger partial charge is 0.511 e. The SMILES string of the molecule is CC(C)=CCC/C(C)=C/C[C@@H]1C[C@]2(CC=C(C)C)C(=O)[C@@](CC=C(C)C)(C(=O)C(Cc3ccc(O)c(O)c3)=C2O)[C@@]1(C)CCC=C(C)C. The molecule has 5 nitrogen and oxygen atoms in total. The standard InChI is InChI=1S/C43H60O5/c1-28(2)13-11-15-32(9)16-18-34-27-42(23-20-30(5)6)38(46)35(25-33-17-19-36(44)37(45)26-33)39(47)43(40(42)48,24-21-31(7)8)41(34,10)22-12-14-29(3)4/h13-14,16-17,19-21,26,34,44-46H,11-12,15,18,22-25,27H2,1-10H3/b32-16+/t34-,41+,42+,43-/m1/s1. The summed E-state index contributed by atoms with van der Waals surface area (Å²) in [5.41, 5.74) is 3.35. The number of carbonyl (C=O) groups excluding carboxylic acids is 2. The van der Waals surface area contributed by atoms with E-state index in [0.717, 1.165) is 30.4 Å². The van der Waals surface area contributed by atoms with Crippen LogP contribution in [0.5, 0.6) is 11.5 Å². The maximum absolute atomic E-state index is 15.4. The van der Waals surface area contributed by atoms with Gasteiger partial charge in [-0.25, -0.2) is 0 Å². The first kappa shape index (κ1) is 38.8. The molecule has 4 atom stereocenters. The third-order valence-electron chi connectivity index (χ3n) is 10.8. The normalized spacial score (nSPS) is 25.5. The van der Waals surface area contributed by atoms with Gasteiger partial charge in [0.05, 0.1) is 5.41 Å². The minimum Gasteiger partial charge on any atom is -0.511 e. The fourth-order valence-electron chi connectivity index (χ4n) is 7.91. The molecule has 2 aliphatic carbocycles. The summed E-state index contributed by atoms with van der Waals surface area (Å²) in [5, 5.41) is 32.6. The van der Waals surface area contributed by atoms with Gasteiger partial charge >= 0.3 is 0 Å². The molecule has 2 bridgehead atoms. The molecule has 262 valence electrons. The summed E-state index contributed by atoms with van der Waals surface area (Å²) in [5.74, 6) is -1.18. The molecular formula is C43H60O5. The highest BCUT2D eigenvalue weighted by molar-refractivity contribution is 6.21. The Morgan fingerprint density at radius 2 is 1.35 bits per heavy atom. The third kappa shape index (κ3) is 7.98. The summed E-state index contributed by atoms with van der Waals surface area (Å²) in [6.07, 6.45) is 16.0. The van der Waals surface area contributed by atoms with Crippen molar-refractivity contribution in [2.45, 2.75) is 127 Å². The van der Waals surface area contributed by atoms with Gasteiger partial charge in [-0.3, -0.25) is 9.59 Å². The Hall–Kier alpha value is -3.60. The molecule has 2 aliphatic rings. The predicted molar refractivity (Wildman–Crippen MR) is 198 cm³/mol. The number of carbonyl (C=O) groups is 2. The Bertz CT molecular complexity index is 1560. The average molecular weight is 657 g/mol. The van der Waals surface area contributed by atoms with Crippen LogP contribution in [-0.4, -0.2) is 26.9 Å². The zero-order valence-electron chi connectivity index (χ0n) is 31.2. The van der Waals surface area contributed by atoms with E-state index in [-0.39, 0.29) is 53.2 Å². The molecule has 0 heterocycles. The Balaban J connectivity index is 2.37. The molecule has 0 unspecified atom stereocenters. The zero-order valence-corrected chi connectivity index (χ0v) is 31.2. The highest BCUT2D eigenvalue weighted by atomic mass is 16.3. The summed E-state index contributed by atoms with van der Waals surface area (Å²) in [6.45, 7) is 20.7. The van der Waals surface area contributed by atoms with E-state index in [1.54, 1.807) is 6.07 Å². The highest BCUT2D eigenvalue weighted by Gasteiger charge is 2.72. The van der Waals surface area contributed by atoms with Crippen molar-refractivity contribution in [3.05, 3.63) is 93.3 Å². The fraction of sp³-hybridized carbons (Fsp3) is 0.535. The van der Waals surface area contributed by atoms with Crippen LogP contribution < -0.4 is 0 Å². The van der Waals surface area contributed by atoms with Gasteiger partial charge in [0.15, 0.2) is 23.1 Å². The number of allylic oxidation sites excluding steroid dienone is 12. The number of ketones is 2. The van der Waals surface area contributed by atoms with E-state index in [1.807, 2.05) is 39.8 Å². The summed E-state index contributed by atoms with van der Waals surface area (Å²) in [4.78, 5) is 30.7. The molecular weight excluding hydrogens is 596 g/mol. The molecule has 1 saturated carbocycles. The molecule has 3 rings (SSSR count). The smallest absolute Gasteiger partial charge is 0.177 e. The number of benzene rings is 1. The van der Waals surface area contributed by atoms with Gasteiger partial charge < -0.3 is 15.3 Å². The Morgan fingerprint density at radius 3 is 1.94 bits per heavy atom. The zero-order chi connectivity index (χ0) is 36.0. The number of hydrogen-bond acceptors (Lipinski definition) is 5. The van der Waals surface area contributed by atoms with Crippen molar-refractivity contribution in [1.82, 2.24) is 0 Å². The van der Waals surface area contributed by atoms with Crippen LogP contribution in [0.2, 0.25) is 0 Å². The molecule has 3 N–H and O–H groups in total. The summed E-state index contributed by atoms with van der Waals surface area (Å²) < 4.78 is 0. The number of aliphatic hydroxyl groups is 1. The summed E-state index contributed by atoms with van der Waals surface area (Å²) in [7, 11) is 0. The molecule has 0 aromatic heterocycles. The topological polar surface area (TPSA) is 94.8 Å². The predicted octanol–water partition coefficient (Wildman–Crippen LogP) is 11.1. The van der Waals surface area contributed by atoms with Crippen LogP contribution in [0.25, 0.3) is 0 Å². The van der Waals surface area contributed by atoms with Gasteiger partial charge in [0.1, 0.15) is 11.2 Å². The lowest BCUT2D eigenvalue weighted by Crippen LogP contribution is -2.67. The quantitative estimate of drug-likeness (QED) is 0.105. The maximum atomic E-state index is 15.4. The van der Waals surface area contributed by atoms with Gasteiger partial charge in [-0.2, -0.15) is 0 Å². The Morgan fingerprint density at radius 1 is 0.771 bits per heavy atom. The molecule has 48 heavy (non-hydrogen) atoms. The molecule has 0 amide bonds. The van der Waals surface area contributed by atoms with Crippen molar-refractivity contribution in [1.29, 1.82) is 0 Å². The van der Waals surface area contributed by atoms with Crippen molar-refractivity contribution in [2.24, 2.45) is 22.2 Å². The lowest BCUT2D eigenvalue weighted by Gasteiger charge is -2.61. The van der Waals surface area contributed by atoms with E-state index in [4.69, 9.17) is 0 Å². The molecule has 0 radical (unpaired) electrons. The first-order valence-electron chi connectivity index (χ1n) is 17.6. The molecule has 0 spiro atoms. The van der Waals surface area contributed by atoms with Crippen LogP contribution in [0.1, 0.15) is 126 Å².